The molecule has 1 saturated heterocycles. The van der Waals surface area contributed by atoms with Crippen molar-refractivity contribution in [3.05, 3.63) is 35.0 Å². The lowest BCUT2D eigenvalue weighted by molar-refractivity contribution is -0.150. The Morgan fingerprint density at radius 1 is 1.52 bits per heavy atom. The normalized spacial score (nSPS) is 20.7. The van der Waals surface area contributed by atoms with Gasteiger partial charge in [0.1, 0.15) is 28.5 Å². The first-order valence-corrected chi connectivity index (χ1v) is 9.92. The number of carbonyl (C=O) groups is 3. The summed E-state index contributed by atoms with van der Waals surface area (Å²) in [6.07, 6.45) is 1.41. The largest absolute Gasteiger partial charge is 0.477 e. The number of aliphatic carboxylic acids is 1. The third kappa shape index (κ3) is 3.74. The summed E-state index contributed by atoms with van der Waals surface area (Å²) in [5, 5.41) is 20.8. The molecule has 1 aromatic heterocycles. The number of rotatable bonds is 5. The van der Waals surface area contributed by atoms with Gasteiger partial charge in [0, 0.05) is 11.1 Å². The van der Waals surface area contributed by atoms with E-state index in [1.165, 1.54) is 23.2 Å². The van der Waals surface area contributed by atoms with Crippen LogP contribution in [0.15, 0.2) is 29.3 Å². The Morgan fingerprint density at radius 3 is 2.70 bits per heavy atom. The van der Waals surface area contributed by atoms with Crippen LogP contribution in [-0.4, -0.2) is 55.7 Å². The van der Waals surface area contributed by atoms with Gasteiger partial charge in [-0.15, -0.1) is 23.1 Å². The van der Waals surface area contributed by atoms with Gasteiger partial charge in [-0.3, -0.25) is 19.9 Å². The molecule has 0 spiro atoms. The van der Waals surface area contributed by atoms with Crippen molar-refractivity contribution < 1.29 is 19.5 Å². The van der Waals surface area contributed by atoms with Gasteiger partial charge < -0.3 is 16.2 Å². The van der Waals surface area contributed by atoms with Gasteiger partial charge >= 0.3 is 5.97 Å². The van der Waals surface area contributed by atoms with E-state index in [9.17, 15) is 19.5 Å². The number of thiazole rings is 1. The molecule has 2 atom stereocenters. The number of fused-ring (bicyclic) bond motifs is 1. The van der Waals surface area contributed by atoms with Gasteiger partial charge in [-0.05, 0) is 5.57 Å². The topological polar surface area (TPSA) is 149 Å². The number of β-lactam (4-membered cyclic amide) rings is 1. The standard InChI is InChI=1S/C14H13N5O4S2.C2H6/c1-2-5-3-24-12-8(11(21)19(12)9(5)13(22)23)18-10(20)7(15)6-4-25-14(16)17-6;1-2/h2,4,8,12,15H,1,3H2,(H2,16,17)(H,18,20)(H,22,23);1-2H3. The summed E-state index contributed by atoms with van der Waals surface area (Å²) in [6.45, 7) is 7.57. The van der Waals surface area contributed by atoms with Gasteiger partial charge in [0.2, 0.25) is 0 Å². The second kappa shape index (κ2) is 8.35. The average Bonchev–Trinajstić information content (AvgIpc) is 3.11. The van der Waals surface area contributed by atoms with Crippen molar-refractivity contribution in [3.63, 3.8) is 0 Å². The summed E-state index contributed by atoms with van der Waals surface area (Å²) in [5.41, 5.74) is 5.55. The molecule has 3 heterocycles. The van der Waals surface area contributed by atoms with Gasteiger partial charge in [-0.25, -0.2) is 9.78 Å². The highest BCUT2D eigenvalue weighted by molar-refractivity contribution is 8.00. The van der Waals surface area contributed by atoms with Gasteiger partial charge in [0.15, 0.2) is 5.13 Å². The zero-order chi connectivity index (χ0) is 20.3. The fourth-order valence-corrected chi connectivity index (χ4v) is 4.43. The summed E-state index contributed by atoms with van der Waals surface area (Å²) in [5.74, 6) is -2.15. The minimum Gasteiger partial charge on any atom is -0.477 e. The molecule has 144 valence electrons. The number of carboxylic acids is 1. The molecule has 2 aliphatic rings. The van der Waals surface area contributed by atoms with E-state index in [-0.39, 0.29) is 16.5 Å². The van der Waals surface area contributed by atoms with Crippen LogP contribution in [-0.2, 0) is 14.4 Å². The number of nitrogen functional groups attached to an aromatic ring is 1. The molecule has 2 aliphatic heterocycles. The number of anilines is 1. The van der Waals surface area contributed by atoms with Crippen LogP contribution < -0.4 is 11.1 Å². The maximum atomic E-state index is 12.3. The molecule has 3 rings (SSSR count). The molecule has 2 unspecified atom stereocenters. The number of carbonyl (C=O) groups excluding carboxylic acids is 2. The molecular weight excluding hydrogens is 390 g/mol. The van der Waals surface area contributed by atoms with E-state index in [1.54, 1.807) is 0 Å². The van der Waals surface area contributed by atoms with E-state index in [0.717, 1.165) is 16.2 Å². The molecule has 1 fully saturated rings. The number of carboxylic acid groups (broad SMARTS) is 1. The highest BCUT2D eigenvalue weighted by atomic mass is 32.2. The number of hydrogen-bond acceptors (Lipinski definition) is 8. The van der Waals surface area contributed by atoms with E-state index in [4.69, 9.17) is 11.1 Å². The van der Waals surface area contributed by atoms with E-state index < -0.39 is 34.9 Å². The van der Waals surface area contributed by atoms with E-state index >= 15 is 0 Å². The number of amides is 2. The van der Waals surface area contributed by atoms with Gasteiger partial charge in [-0.2, -0.15) is 0 Å². The van der Waals surface area contributed by atoms with Crippen LogP contribution in [0.25, 0.3) is 0 Å². The van der Waals surface area contributed by atoms with Crippen molar-refractivity contribution in [2.75, 3.05) is 11.5 Å². The van der Waals surface area contributed by atoms with Gasteiger partial charge in [-0.1, -0.05) is 26.5 Å². The molecule has 0 aromatic carbocycles. The Balaban J connectivity index is 0.00000126. The van der Waals surface area contributed by atoms with Crippen molar-refractivity contribution in [2.45, 2.75) is 25.3 Å². The molecule has 9 nitrogen and oxygen atoms in total. The van der Waals surface area contributed by atoms with E-state index in [2.05, 4.69) is 16.9 Å². The van der Waals surface area contributed by atoms with Crippen LogP contribution in [0, 0.1) is 5.41 Å². The summed E-state index contributed by atoms with van der Waals surface area (Å²) in [6, 6.07) is -0.894. The van der Waals surface area contributed by atoms with Crippen LogP contribution >= 0.6 is 23.1 Å². The van der Waals surface area contributed by atoms with Crippen molar-refractivity contribution in [2.24, 2.45) is 0 Å². The predicted molar refractivity (Wildman–Crippen MR) is 105 cm³/mol. The molecular formula is C16H19N5O4S2. The molecule has 0 bridgehead atoms. The highest BCUT2D eigenvalue weighted by Crippen LogP contribution is 2.40. The van der Waals surface area contributed by atoms with Crippen molar-refractivity contribution in [1.82, 2.24) is 15.2 Å². The minimum atomic E-state index is -1.22. The first-order valence-electron chi connectivity index (χ1n) is 7.99. The molecule has 0 radical (unpaired) electrons. The molecule has 0 aliphatic carbocycles. The number of aromatic nitrogens is 1. The van der Waals surface area contributed by atoms with Crippen molar-refractivity contribution in [1.29, 1.82) is 5.41 Å². The second-order valence-electron chi connectivity index (χ2n) is 5.19. The minimum absolute atomic E-state index is 0.114. The summed E-state index contributed by atoms with van der Waals surface area (Å²) >= 11 is 2.43. The maximum Gasteiger partial charge on any atom is 0.352 e. The fourth-order valence-electron chi connectivity index (χ4n) is 2.53. The molecule has 2 amide bonds. The van der Waals surface area contributed by atoms with E-state index in [0.29, 0.717) is 11.3 Å². The zero-order valence-corrected chi connectivity index (χ0v) is 16.3. The van der Waals surface area contributed by atoms with Crippen LogP contribution in [0.3, 0.4) is 0 Å². The average molecular weight is 409 g/mol. The quantitative estimate of drug-likeness (QED) is 0.419. The van der Waals surface area contributed by atoms with Gasteiger partial charge in [0.05, 0.1) is 0 Å². The monoisotopic (exact) mass is 409 g/mol. The Hall–Kier alpha value is -2.66. The highest BCUT2D eigenvalue weighted by Gasteiger charge is 2.54. The Kier molecular flexibility index (Phi) is 6.39. The molecule has 1 aromatic rings. The third-order valence-corrected chi connectivity index (χ3v) is 5.71. The number of nitrogens with two attached hydrogens (primary N) is 1. The molecule has 11 heteroatoms. The number of nitrogens with zero attached hydrogens (tertiary/aromatic N) is 2. The molecule has 27 heavy (non-hydrogen) atoms. The first-order chi connectivity index (χ1) is 12.8. The Labute approximate surface area is 163 Å². The SMILES string of the molecule is C=CC1=C(C(=O)O)N2C(=O)C(NC(=O)C(=N)c3csc(N)n3)C2SC1.CC. The maximum absolute atomic E-state index is 12.3. The fraction of sp³-hybridized carbons (Fsp3) is 0.312. The number of thioether (sulfide) groups is 1. The second-order valence-corrected chi connectivity index (χ2v) is 7.18. The molecule has 5 N–H and O–H groups in total. The lowest BCUT2D eigenvalue weighted by atomic mass is 10.0. The van der Waals surface area contributed by atoms with Crippen LogP contribution in [0.5, 0.6) is 0 Å². The van der Waals surface area contributed by atoms with Crippen LogP contribution in [0.1, 0.15) is 19.5 Å². The number of nitrogens with one attached hydrogen (secondary N) is 2. The lowest BCUT2D eigenvalue weighted by Gasteiger charge is -2.49. The lowest BCUT2D eigenvalue weighted by Crippen LogP contribution is -2.71. The zero-order valence-electron chi connectivity index (χ0n) is 14.7. The summed E-state index contributed by atoms with van der Waals surface area (Å²) < 4.78 is 0. The predicted octanol–water partition coefficient (Wildman–Crippen LogP) is 1.04. The number of hydrogen-bond donors (Lipinski definition) is 4. The summed E-state index contributed by atoms with van der Waals surface area (Å²) in [7, 11) is 0. The third-order valence-electron chi connectivity index (χ3n) is 3.74. The first kappa shape index (κ1) is 20.6. The summed E-state index contributed by atoms with van der Waals surface area (Å²) in [4.78, 5) is 40.9. The number of allylic oxidation sites excluding steroid dienone is 1. The Bertz CT molecular complexity index is 848. The smallest absolute Gasteiger partial charge is 0.352 e. The van der Waals surface area contributed by atoms with Crippen molar-refractivity contribution >= 4 is 51.7 Å². The van der Waals surface area contributed by atoms with Gasteiger partial charge in [0.25, 0.3) is 11.8 Å². The van der Waals surface area contributed by atoms with E-state index in [1.807, 2.05) is 13.8 Å². The Morgan fingerprint density at radius 2 is 2.19 bits per heavy atom. The van der Waals surface area contributed by atoms with Crippen LogP contribution in [0.4, 0.5) is 5.13 Å². The molecule has 0 saturated carbocycles. The van der Waals surface area contributed by atoms with Crippen LogP contribution in [0.2, 0.25) is 0 Å². The van der Waals surface area contributed by atoms with Crippen molar-refractivity contribution in [3.8, 4) is 0 Å².